The molecule has 0 amide bonds. The fourth-order valence-electron chi connectivity index (χ4n) is 1.15. The van der Waals surface area contributed by atoms with E-state index < -0.39 is 12.0 Å². The molecule has 0 bridgehead atoms. The van der Waals surface area contributed by atoms with Gasteiger partial charge in [-0.1, -0.05) is 0 Å². The molecule has 2 N–H and O–H groups in total. The van der Waals surface area contributed by atoms with Gasteiger partial charge in [0.05, 0.1) is 0 Å². The summed E-state index contributed by atoms with van der Waals surface area (Å²) in [4.78, 5) is 6.82. The van der Waals surface area contributed by atoms with Gasteiger partial charge in [-0.25, -0.2) is 9.97 Å². The molecule has 96 valence electrons. The third kappa shape index (κ3) is 4.08. The van der Waals surface area contributed by atoms with E-state index in [1.165, 1.54) is 13.1 Å². The van der Waals surface area contributed by atoms with Crippen LogP contribution in [0.3, 0.4) is 0 Å². The van der Waals surface area contributed by atoms with Crippen LogP contribution in [0.4, 0.5) is 24.8 Å². The lowest BCUT2D eigenvalue weighted by molar-refractivity contribution is -0.144. The van der Waals surface area contributed by atoms with E-state index in [9.17, 15) is 13.2 Å². The molecule has 0 radical (unpaired) electrons. The molecule has 1 heterocycles. The number of halogens is 3. The molecule has 0 saturated heterocycles. The van der Waals surface area contributed by atoms with E-state index in [1.807, 2.05) is 20.8 Å². The lowest BCUT2D eigenvalue weighted by Crippen LogP contribution is -2.27. The third-order valence-electron chi connectivity index (χ3n) is 1.74. The van der Waals surface area contributed by atoms with Gasteiger partial charge in [-0.15, -0.1) is 0 Å². The molecule has 1 rings (SSSR count). The Morgan fingerprint density at radius 3 is 2.00 bits per heavy atom. The van der Waals surface area contributed by atoms with Crippen molar-refractivity contribution in [2.75, 3.05) is 17.7 Å². The molecule has 0 unspecified atom stereocenters. The van der Waals surface area contributed by atoms with E-state index in [0.29, 0.717) is 0 Å². The van der Waals surface area contributed by atoms with Gasteiger partial charge in [0.15, 0.2) is 0 Å². The Hall–Kier alpha value is -1.53. The molecule has 7 heteroatoms. The smallest absolute Gasteiger partial charge is 0.373 e. The topological polar surface area (TPSA) is 49.8 Å². The highest BCUT2D eigenvalue weighted by Gasteiger charge is 2.35. The fourth-order valence-corrected chi connectivity index (χ4v) is 1.15. The van der Waals surface area contributed by atoms with E-state index in [-0.39, 0.29) is 17.2 Å². The molecule has 0 aliphatic heterocycles. The highest BCUT2D eigenvalue weighted by Crippen LogP contribution is 2.28. The van der Waals surface area contributed by atoms with Gasteiger partial charge in [-0.3, -0.25) is 0 Å². The zero-order valence-electron chi connectivity index (χ0n) is 10.1. The summed E-state index contributed by atoms with van der Waals surface area (Å²) >= 11 is 0. The van der Waals surface area contributed by atoms with Crippen LogP contribution in [0.5, 0.6) is 0 Å². The van der Waals surface area contributed by atoms with Gasteiger partial charge in [-0.2, -0.15) is 13.2 Å². The van der Waals surface area contributed by atoms with Crippen molar-refractivity contribution >= 4 is 11.6 Å². The molecule has 1 aromatic rings. The summed E-state index contributed by atoms with van der Waals surface area (Å²) < 4.78 is 37.6. The first-order valence-electron chi connectivity index (χ1n) is 5.04. The predicted molar refractivity (Wildman–Crippen MR) is 60.0 cm³/mol. The molecule has 17 heavy (non-hydrogen) atoms. The normalized spacial score (nSPS) is 12.4. The van der Waals surface area contributed by atoms with Crippen molar-refractivity contribution in [1.82, 2.24) is 9.97 Å². The van der Waals surface area contributed by atoms with Crippen molar-refractivity contribution in [2.45, 2.75) is 32.5 Å². The van der Waals surface area contributed by atoms with E-state index >= 15 is 0 Å². The van der Waals surface area contributed by atoms with Gasteiger partial charge in [0.2, 0.25) is 5.82 Å². The standard InChI is InChI=1S/C10H15F3N4/c1-9(2,3)17-7-5-6(14-4)15-8(16-7)10(11,12)13/h5H,1-4H3,(H2,14,15,16,17). The summed E-state index contributed by atoms with van der Waals surface area (Å²) in [5.74, 6) is -0.889. The number of aromatic nitrogens is 2. The molecule has 0 saturated carbocycles. The van der Waals surface area contributed by atoms with Crippen molar-refractivity contribution in [3.05, 3.63) is 11.9 Å². The van der Waals surface area contributed by atoms with Gasteiger partial charge < -0.3 is 10.6 Å². The Labute approximate surface area is 97.7 Å². The average molecular weight is 248 g/mol. The number of rotatable bonds is 2. The van der Waals surface area contributed by atoms with E-state index in [1.54, 1.807) is 0 Å². The lowest BCUT2D eigenvalue weighted by Gasteiger charge is -2.22. The minimum absolute atomic E-state index is 0.124. The maximum Gasteiger partial charge on any atom is 0.451 e. The predicted octanol–water partition coefficient (Wildman–Crippen LogP) is 2.75. The second-order valence-corrected chi connectivity index (χ2v) is 4.58. The van der Waals surface area contributed by atoms with E-state index in [4.69, 9.17) is 0 Å². The molecular formula is C10H15F3N4. The number of hydrogen-bond acceptors (Lipinski definition) is 4. The maximum atomic E-state index is 12.5. The quantitative estimate of drug-likeness (QED) is 0.845. The Morgan fingerprint density at radius 2 is 1.59 bits per heavy atom. The van der Waals surface area contributed by atoms with Crippen LogP contribution in [0.15, 0.2) is 6.07 Å². The third-order valence-corrected chi connectivity index (χ3v) is 1.74. The first kappa shape index (κ1) is 13.5. The summed E-state index contributed by atoms with van der Waals surface area (Å²) in [7, 11) is 1.50. The number of anilines is 2. The van der Waals surface area contributed by atoms with Crippen molar-refractivity contribution in [2.24, 2.45) is 0 Å². The van der Waals surface area contributed by atoms with Crippen LogP contribution in [0.25, 0.3) is 0 Å². The van der Waals surface area contributed by atoms with E-state index in [2.05, 4.69) is 20.6 Å². The van der Waals surface area contributed by atoms with Crippen molar-refractivity contribution < 1.29 is 13.2 Å². The maximum absolute atomic E-state index is 12.5. The number of nitrogens with zero attached hydrogens (tertiary/aromatic N) is 2. The zero-order valence-corrected chi connectivity index (χ0v) is 10.1. The molecule has 0 spiro atoms. The van der Waals surface area contributed by atoms with Gasteiger partial charge in [0.1, 0.15) is 11.6 Å². The van der Waals surface area contributed by atoms with Crippen LogP contribution >= 0.6 is 0 Å². The van der Waals surface area contributed by atoms with E-state index in [0.717, 1.165) is 0 Å². The molecule has 0 fully saturated rings. The first-order chi connectivity index (χ1) is 7.62. The molecular weight excluding hydrogens is 233 g/mol. The minimum Gasteiger partial charge on any atom is -0.373 e. The summed E-state index contributed by atoms with van der Waals surface area (Å²) in [5.41, 5.74) is -0.373. The highest BCUT2D eigenvalue weighted by molar-refractivity contribution is 5.48. The van der Waals surface area contributed by atoms with Crippen molar-refractivity contribution in [3.63, 3.8) is 0 Å². The fraction of sp³-hybridized carbons (Fsp3) is 0.600. The summed E-state index contributed by atoms with van der Waals surface area (Å²) in [6, 6.07) is 1.43. The Morgan fingerprint density at radius 1 is 1.06 bits per heavy atom. The second-order valence-electron chi connectivity index (χ2n) is 4.58. The average Bonchev–Trinajstić information content (AvgIpc) is 2.13. The van der Waals surface area contributed by atoms with Crippen LogP contribution in [-0.4, -0.2) is 22.6 Å². The molecule has 4 nitrogen and oxygen atoms in total. The number of hydrogen-bond donors (Lipinski definition) is 2. The van der Waals surface area contributed by atoms with Gasteiger partial charge in [-0.05, 0) is 20.8 Å². The largest absolute Gasteiger partial charge is 0.451 e. The van der Waals surface area contributed by atoms with Crippen molar-refractivity contribution in [3.8, 4) is 0 Å². The van der Waals surface area contributed by atoms with Crippen LogP contribution in [0, 0.1) is 0 Å². The molecule has 0 atom stereocenters. The summed E-state index contributed by atoms with van der Waals surface area (Å²) in [6.45, 7) is 5.50. The minimum atomic E-state index is -4.55. The number of nitrogens with one attached hydrogen (secondary N) is 2. The Kier molecular flexibility index (Phi) is 3.49. The Balaban J connectivity index is 3.15. The van der Waals surface area contributed by atoms with Crippen LogP contribution in [0.1, 0.15) is 26.6 Å². The molecule has 0 aliphatic rings. The summed E-state index contributed by atoms with van der Waals surface area (Å²) in [6.07, 6.45) is -4.55. The molecule has 0 aromatic carbocycles. The van der Waals surface area contributed by atoms with Crippen LogP contribution < -0.4 is 10.6 Å². The lowest BCUT2D eigenvalue weighted by atomic mass is 10.1. The van der Waals surface area contributed by atoms with Crippen LogP contribution in [0.2, 0.25) is 0 Å². The zero-order chi connectivity index (χ0) is 13.3. The summed E-state index contributed by atoms with van der Waals surface area (Å²) in [5, 5.41) is 5.45. The first-order valence-corrected chi connectivity index (χ1v) is 5.04. The molecule has 1 aromatic heterocycles. The SMILES string of the molecule is CNc1cc(NC(C)(C)C)nc(C(F)(F)F)n1. The second kappa shape index (κ2) is 4.38. The highest BCUT2D eigenvalue weighted by atomic mass is 19.4. The number of alkyl halides is 3. The van der Waals surface area contributed by atoms with Crippen LogP contribution in [-0.2, 0) is 6.18 Å². The Bertz CT molecular complexity index is 396. The van der Waals surface area contributed by atoms with Gasteiger partial charge >= 0.3 is 6.18 Å². The van der Waals surface area contributed by atoms with Gasteiger partial charge in [0, 0.05) is 18.7 Å². The van der Waals surface area contributed by atoms with Crippen molar-refractivity contribution in [1.29, 1.82) is 0 Å². The molecule has 0 aliphatic carbocycles. The van der Waals surface area contributed by atoms with Gasteiger partial charge in [0.25, 0.3) is 0 Å². The monoisotopic (exact) mass is 248 g/mol.